The highest BCUT2D eigenvalue weighted by Gasteiger charge is 2.06. The molecule has 1 aromatic heterocycles. The van der Waals surface area contributed by atoms with E-state index in [1.54, 1.807) is 13.1 Å². The lowest BCUT2D eigenvalue weighted by Crippen LogP contribution is -1.90. The first-order valence-electron chi connectivity index (χ1n) is 3.33. The molecule has 1 aromatic carbocycles. The third kappa shape index (κ3) is 1.10. The Morgan fingerprint density at radius 2 is 2.17 bits per heavy atom. The van der Waals surface area contributed by atoms with Gasteiger partial charge in [0.2, 0.25) is 0 Å². The van der Waals surface area contributed by atoms with Crippen LogP contribution in [0.5, 0.6) is 0 Å². The van der Waals surface area contributed by atoms with Crippen molar-refractivity contribution in [3.63, 3.8) is 0 Å². The van der Waals surface area contributed by atoms with Gasteiger partial charge >= 0.3 is 0 Å². The molecule has 0 aliphatic carbocycles. The topological polar surface area (TPSA) is 30.7 Å². The Bertz CT molecular complexity index is 437. The molecule has 0 radical (unpaired) electrons. The molecule has 62 valence electrons. The van der Waals surface area contributed by atoms with Gasteiger partial charge in [-0.05, 0) is 12.1 Å². The number of hydrogen-bond acceptors (Lipinski definition) is 2. The van der Waals surface area contributed by atoms with E-state index in [0.717, 1.165) is 0 Å². The van der Waals surface area contributed by atoms with E-state index in [4.69, 9.17) is 0 Å². The van der Waals surface area contributed by atoms with Crippen molar-refractivity contribution in [2.45, 2.75) is 0 Å². The van der Waals surface area contributed by atoms with Gasteiger partial charge in [0.15, 0.2) is 5.82 Å². The maximum atomic E-state index is 13.1. The zero-order valence-corrected chi connectivity index (χ0v) is 7.84. The van der Waals surface area contributed by atoms with E-state index < -0.39 is 0 Å². The van der Waals surface area contributed by atoms with Gasteiger partial charge in [0.25, 0.3) is 0 Å². The Morgan fingerprint density at radius 1 is 1.42 bits per heavy atom. The van der Waals surface area contributed by atoms with Crippen LogP contribution in [0.3, 0.4) is 0 Å². The lowest BCUT2D eigenvalue weighted by atomic mass is 10.3. The van der Waals surface area contributed by atoms with Crippen LogP contribution >= 0.6 is 15.9 Å². The first-order chi connectivity index (χ1) is 5.66. The van der Waals surface area contributed by atoms with Crippen LogP contribution in [0.15, 0.2) is 16.6 Å². The van der Waals surface area contributed by atoms with Crippen LogP contribution in [0.4, 0.5) is 4.39 Å². The van der Waals surface area contributed by atoms with Gasteiger partial charge in [0.1, 0.15) is 11.0 Å². The number of fused-ring (bicyclic) bond motifs is 1. The first-order valence-corrected chi connectivity index (χ1v) is 4.12. The van der Waals surface area contributed by atoms with Crippen molar-refractivity contribution in [1.82, 2.24) is 15.0 Å². The lowest BCUT2D eigenvalue weighted by Gasteiger charge is -1.89. The molecule has 2 rings (SSSR count). The highest BCUT2D eigenvalue weighted by Crippen LogP contribution is 2.19. The van der Waals surface area contributed by atoms with E-state index in [1.807, 2.05) is 0 Å². The van der Waals surface area contributed by atoms with E-state index in [-0.39, 0.29) is 5.82 Å². The number of hydrogen-bond donors (Lipinski definition) is 0. The third-order valence-electron chi connectivity index (χ3n) is 1.51. The molecule has 1 heterocycles. The van der Waals surface area contributed by atoms with Gasteiger partial charge in [-0.15, -0.1) is 0 Å². The molecule has 0 N–H and O–H groups in total. The molecule has 0 saturated carbocycles. The molecule has 2 aromatic rings. The minimum atomic E-state index is -0.354. The third-order valence-corrected chi connectivity index (χ3v) is 1.96. The summed E-state index contributed by atoms with van der Waals surface area (Å²) in [5.74, 6) is -0.354. The van der Waals surface area contributed by atoms with Gasteiger partial charge in [-0.3, -0.25) is 0 Å². The molecule has 0 amide bonds. The van der Waals surface area contributed by atoms with Crippen molar-refractivity contribution in [2.75, 3.05) is 0 Å². The molecule has 3 nitrogen and oxygen atoms in total. The Kier molecular flexibility index (Phi) is 1.61. The lowest BCUT2D eigenvalue weighted by molar-refractivity contribution is 0.624. The fraction of sp³-hybridized carbons (Fsp3) is 0.143. The molecular weight excluding hydrogens is 225 g/mol. The number of aryl methyl sites for hydroxylation is 1. The number of aromatic nitrogens is 3. The van der Waals surface area contributed by atoms with Gasteiger partial charge < -0.3 is 0 Å². The summed E-state index contributed by atoms with van der Waals surface area (Å²) in [6, 6.07) is 3.10. The molecule has 0 aliphatic heterocycles. The summed E-state index contributed by atoms with van der Waals surface area (Å²) in [7, 11) is 1.66. The summed E-state index contributed by atoms with van der Waals surface area (Å²) in [4.78, 5) is 1.35. The van der Waals surface area contributed by atoms with Crippen LogP contribution in [0.25, 0.3) is 11.0 Å². The van der Waals surface area contributed by atoms with Gasteiger partial charge in [0.05, 0.1) is 0 Å². The Hall–Kier alpha value is -0.970. The molecule has 12 heavy (non-hydrogen) atoms. The van der Waals surface area contributed by atoms with Crippen molar-refractivity contribution in [3.8, 4) is 0 Å². The van der Waals surface area contributed by atoms with Crippen LogP contribution in [-0.4, -0.2) is 15.0 Å². The monoisotopic (exact) mass is 229 g/mol. The van der Waals surface area contributed by atoms with Gasteiger partial charge in [0, 0.05) is 11.5 Å². The van der Waals surface area contributed by atoms with E-state index in [0.29, 0.717) is 15.5 Å². The van der Waals surface area contributed by atoms with Crippen molar-refractivity contribution >= 4 is 27.0 Å². The smallest absolute Gasteiger partial charge is 0.154 e. The summed E-state index contributed by atoms with van der Waals surface area (Å²) < 4.78 is 13.8. The Labute approximate surface area is 76.3 Å². The minimum Gasteiger partial charge on any atom is -0.204 e. The first kappa shape index (κ1) is 7.67. The molecule has 0 spiro atoms. The van der Waals surface area contributed by atoms with E-state index in [9.17, 15) is 4.39 Å². The summed E-state index contributed by atoms with van der Waals surface area (Å²) in [6.45, 7) is 0. The summed E-state index contributed by atoms with van der Waals surface area (Å²) in [5.41, 5.74) is 0.866. The molecule has 0 bridgehead atoms. The van der Waals surface area contributed by atoms with Crippen molar-refractivity contribution in [2.24, 2.45) is 7.05 Å². The number of halogens is 2. The van der Waals surface area contributed by atoms with Gasteiger partial charge in [-0.25, -0.2) is 4.39 Å². The Balaban J connectivity index is 2.88. The maximum Gasteiger partial charge on any atom is 0.154 e. The molecule has 0 saturated heterocycles. The minimum absolute atomic E-state index is 0.306. The molecule has 5 heteroatoms. The highest BCUT2D eigenvalue weighted by atomic mass is 79.9. The second-order valence-corrected chi connectivity index (χ2v) is 3.36. The number of benzene rings is 1. The second-order valence-electron chi connectivity index (χ2n) is 2.44. The number of nitrogens with zero attached hydrogens (tertiary/aromatic N) is 3. The fourth-order valence-corrected chi connectivity index (χ4v) is 1.47. The SMILES string of the molecule is Cn1nc2cc(Br)cc(F)c2n1. The molecule has 0 atom stereocenters. The highest BCUT2D eigenvalue weighted by molar-refractivity contribution is 9.10. The largest absolute Gasteiger partial charge is 0.204 e. The van der Waals surface area contributed by atoms with Crippen LogP contribution < -0.4 is 0 Å². The van der Waals surface area contributed by atoms with Crippen LogP contribution in [0.1, 0.15) is 0 Å². The van der Waals surface area contributed by atoms with Crippen molar-refractivity contribution in [1.29, 1.82) is 0 Å². The molecular formula is C7H5BrFN3. The summed E-state index contributed by atoms with van der Waals surface area (Å²) in [6.07, 6.45) is 0. The molecule has 0 unspecified atom stereocenters. The predicted molar refractivity (Wildman–Crippen MR) is 46.2 cm³/mol. The van der Waals surface area contributed by atoms with Crippen molar-refractivity contribution < 1.29 is 4.39 Å². The number of rotatable bonds is 0. The van der Waals surface area contributed by atoms with E-state index >= 15 is 0 Å². The predicted octanol–water partition coefficient (Wildman–Crippen LogP) is 1.87. The molecule has 0 aliphatic rings. The standard InChI is InChI=1S/C7H5BrFN3/c1-12-10-6-3-4(8)2-5(9)7(6)11-12/h2-3H,1H3. The van der Waals surface area contributed by atoms with E-state index in [2.05, 4.69) is 26.1 Å². The zero-order chi connectivity index (χ0) is 8.72. The quantitative estimate of drug-likeness (QED) is 0.691. The van der Waals surface area contributed by atoms with E-state index in [1.165, 1.54) is 10.9 Å². The van der Waals surface area contributed by atoms with Crippen LogP contribution in [0.2, 0.25) is 0 Å². The van der Waals surface area contributed by atoms with Gasteiger partial charge in [-0.2, -0.15) is 15.0 Å². The fourth-order valence-electron chi connectivity index (χ4n) is 1.05. The second kappa shape index (κ2) is 2.52. The van der Waals surface area contributed by atoms with Crippen LogP contribution in [-0.2, 0) is 7.05 Å². The maximum absolute atomic E-state index is 13.1. The van der Waals surface area contributed by atoms with Crippen LogP contribution in [0, 0.1) is 5.82 Å². The average molecular weight is 230 g/mol. The van der Waals surface area contributed by atoms with Crippen molar-refractivity contribution in [3.05, 3.63) is 22.4 Å². The summed E-state index contributed by atoms with van der Waals surface area (Å²) in [5, 5.41) is 7.83. The Morgan fingerprint density at radius 3 is 2.92 bits per heavy atom. The van der Waals surface area contributed by atoms with Gasteiger partial charge in [-0.1, -0.05) is 15.9 Å². The zero-order valence-electron chi connectivity index (χ0n) is 6.25. The average Bonchev–Trinajstić information content (AvgIpc) is 2.29. The summed E-state index contributed by atoms with van der Waals surface area (Å²) >= 11 is 3.18. The normalized spacial score (nSPS) is 10.9. The molecule has 0 fully saturated rings.